The van der Waals surface area contributed by atoms with Crippen molar-refractivity contribution in [1.82, 2.24) is 0 Å². The summed E-state index contributed by atoms with van der Waals surface area (Å²) in [6, 6.07) is 0. The first kappa shape index (κ1) is 9.47. The molecule has 0 amide bonds. The monoisotopic (exact) mass is 183 g/mol. The predicted octanol–water partition coefficient (Wildman–Crippen LogP) is 1.93. The van der Waals surface area contributed by atoms with Gasteiger partial charge in [-0.1, -0.05) is 13.8 Å². The lowest BCUT2D eigenvalue weighted by atomic mass is 9.69. The smallest absolute Gasteiger partial charge is 0.0649 e. The molecule has 0 spiro atoms. The quantitative estimate of drug-likeness (QED) is 0.725. The molecule has 2 rings (SSSR count). The van der Waals surface area contributed by atoms with E-state index < -0.39 is 0 Å². The zero-order chi connectivity index (χ0) is 9.47. The highest BCUT2D eigenvalue weighted by atomic mass is 16.5. The van der Waals surface area contributed by atoms with Gasteiger partial charge in [-0.25, -0.2) is 0 Å². The minimum absolute atomic E-state index is 0.330. The van der Waals surface area contributed by atoms with Crippen molar-refractivity contribution in [3.8, 4) is 0 Å². The van der Waals surface area contributed by atoms with E-state index in [1.54, 1.807) is 0 Å². The van der Waals surface area contributed by atoms with Crippen LogP contribution in [0.4, 0.5) is 0 Å². The van der Waals surface area contributed by atoms with E-state index in [1.165, 1.54) is 25.7 Å². The third-order valence-corrected chi connectivity index (χ3v) is 3.65. The molecule has 2 heterocycles. The Labute approximate surface area is 80.8 Å². The molecule has 0 saturated carbocycles. The van der Waals surface area contributed by atoms with Crippen molar-refractivity contribution in [1.29, 1.82) is 0 Å². The molecule has 3 atom stereocenters. The molecule has 13 heavy (non-hydrogen) atoms. The third kappa shape index (κ3) is 1.50. The molecule has 2 aliphatic rings. The average molecular weight is 183 g/mol. The minimum atomic E-state index is 0.330. The fourth-order valence-corrected chi connectivity index (χ4v) is 3.22. The average Bonchev–Trinajstić information content (AvgIpc) is 2.62. The van der Waals surface area contributed by atoms with Gasteiger partial charge in [0.2, 0.25) is 0 Å². The first-order chi connectivity index (χ1) is 6.16. The van der Waals surface area contributed by atoms with Gasteiger partial charge in [0, 0.05) is 12.0 Å². The highest BCUT2D eigenvalue weighted by molar-refractivity contribution is 5.01. The zero-order valence-electron chi connectivity index (χ0n) is 8.75. The molecule has 2 aliphatic heterocycles. The second-order valence-electron chi connectivity index (χ2n) is 5.19. The molecule has 0 aromatic carbocycles. The van der Waals surface area contributed by atoms with E-state index in [4.69, 9.17) is 10.5 Å². The number of fused-ring (bicyclic) bond motifs is 2. The van der Waals surface area contributed by atoms with E-state index in [1.807, 2.05) is 0 Å². The normalized spacial score (nSPS) is 43.4. The van der Waals surface area contributed by atoms with E-state index in [2.05, 4.69) is 13.8 Å². The van der Waals surface area contributed by atoms with Gasteiger partial charge in [0.15, 0.2) is 0 Å². The van der Waals surface area contributed by atoms with Crippen LogP contribution in [-0.4, -0.2) is 18.8 Å². The van der Waals surface area contributed by atoms with Gasteiger partial charge in [-0.15, -0.1) is 0 Å². The maximum absolute atomic E-state index is 5.92. The maximum Gasteiger partial charge on any atom is 0.0649 e. The molecule has 0 radical (unpaired) electrons. The fraction of sp³-hybridized carbons (Fsp3) is 1.00. The Morgan fingerprint density at radius 1 is 1.46 bits per heavy atom. The lowest BCUT2D eigenvalue weighted by molar-refractivity contribution is 0.0542. The van der Waals surface area contributed by atoms with Crippen LogP contribution in [0.1, 0.15) is 39.5 Å². The zero-order valence-corrected chi connectivity index (χ0v) is 8.75. The van der Waals surface area contributed by atoms with Crippen LogP contribution in [0.2, 0.25) is 0 Å². The standard InChI is InChI=1S/C11H21NO/c1-8(2)5-11(7-12)6-9-3-4-10(11)13-9/h8-10H,3-7,12H2,1-2H3. The molecular formula is C11H21NO. The van der Waals surface area contributed by atoms with Crippen molar-refractivity contribution in [3.05, 3.63) is 0 Å². The number of rotatable bonds is 3. The number of hydrogen-bond acceptors (Lipinski definition) is 2. The molecule has 0 aromatic heterocycles. The fourth-order valence-electron chi connectivity index (χ4n) is 3.22. The highest BCUT2D eigenvalue weighted by Gasteiger charge is 2.51. The molecular weight excluding hydrogens is 162 g/mol. The summed E-state index contributed by atoms with van der Waals surface area (Å²) in [6.45, 7) is 5.37. The molecule has 2 nitrogen and oxygen atoms in total. The number of nitrogens with two attached hydrogens (primary N) is 1. The summed E-state index contributed by atoms with van der Waals surface area (Å²) >= 11 is 0. The summed E-state index contributed by atoms with van der Waals surface area (Å²) < 4.78 is 5.90. The molecule has 2 N–H and O–H groups in total. The van der Waals surface area contributed by atoms with E-state index in [0.717, 1.165) is 12.5 Å². The van der Waals surface area contributed by atoms with Crippen molar-refractivity contribution in [3.63, 3.8) is 0 Å². The molecule has 2 fully saturated rings. The highest BCUT2D eigenvalue weighted by Crippen LogP contribution is 2.50. The van der Waals surface area contributed by atoms with Crippen LogP contribution in [0.5, 0.6) is 0 Å². The second kappa shape index (κ2) is 3.25. The Hall–Kier alpha value is -0.0800. The first-order valence-corrected chi connectivity index (χ1v) is 5.52. The predicted molar refractivity (Wildman–Crippen MR) is 53.5 cm³/mol. The molecule has 0 aliphatic carbocycles. The van der Waals surface area contributed by atoms with Crippen LogP contribution in [0.3, 0.4) is 0 Å². The van der Waals surface area contributed by atoms with Gasteiger partial charge in [0.25, 0.3) is 0 Å². The third-order valence-electron chi connectivity index (χ3n) is 3.65. The number of hydrogen-bond donors (Lipinski definition) is 1. The SMILES string of the molecule is CC(C)CC1(CN)CC2CCC1O2. The van der Waals surface area contributed by atoms with E-state index >= 15 is 0 Å². The van der Waals surface area contributed by atoms with Gasteiger partial charge in [0.1, 0.15) is 0 Å². The van der Waals surface area contributed by atoms with Crippen LogP contribution < -0.4 is 5.73 Å². The van der Waals surface area contributed by atoms with Gasteiger partial charge >= 0.3 is 0 Å². The molecule has 2 saturated heterocycles. The lowest BCUT2D eigenvalue weighted by Gasteiger charge is -2.35. The molecule has 76 valence electrons. The van der Waals surface area contributed by atoms with Crippen molar-refractivity contribution in [2.75, 3.05) is 6.54 Å². The van der Waals surface area contributed by atoms with Crippen molar-refractivity contribution in [2.24, 2.45) is 17.1 Å². The summed E-state index contributed by atoms with van der Waals surface area (Å²) in [5.74, 6) is 0.742. The Balaban J connectivity index is 2.08. The topological polar surface area (TPSA) is 35.2 Å². The van der Waals surface area contributed by atoms with Gasteiger partial charge < -0.3 is 10.5 Å². The lowest BCUT2D eigenvalue weighted by Crippen LogP contribution is -2.40. The molecule has 3 unspecified atom stereocenters. The van der Waals surface area contributed by atoms with E-state index in [0.29, 0.717) is 17.6 Å². The molecule has 2 heteroatoms. The van der Waals surface area contributed by atoms with Crippen molar-refractivity contribution >= 4 is 0 Å². The molecule has 0 aromatic rings. The Bertz CT molecular complexity index is 193. The van der Waals surface area contributed by atoms with Crippen LogP contribution in [-0.2, 0) is 4.74 Å². The Morgan fingerprint density at radius 2 is 2.23 bits per heavy atom. The van der Waals surface area contributed by atoms with Gasteiger partial charge in [-0.2, -0.15) is 0 Å². The van der Waals surface area contributed by atoms with Gasteiger partial charge in [0.05, 0.1) is 12.2 Å². The van der Waals surface area contributed by atoms with Gasteiger partial charge in [-0.05, 0) is 31.6 Å². The van der Waals surface area contributed by atoms with Crippen molar-refractivity contribution < 1.29 is 4.74 Å². The summed E-state index contributed by atoms with van der Waals surface area (Å²) in [5.41, 5.74) is 6.25. The second-order valence-corrected chi connectivity index (χ2v) is 5.19. The van der Waals surface area contributed by atoms with E-state index in [9.17, 15) is 0 Å². The summed E-state index contributed by atoms with van der Waals surface area (Å²) in [6.07, 6.45) is 5.98. The van der Waals surface area contributed by atoms with Crippen LogP contribution in [0.25, 0.3) is 0 Å². The van der Waals surface area contributed by atoms with Crippen molar-refractivity contribution in [2.45, 2.75) is 51.7 Å². The first-order valence-electron chi connectivity index (χ1n) is 5.52. The van der Waals surface area contributed by atoms with Crippen LogP contribution in [0, 0.1) is 11.3 Å². The van der Waals surface area contributed by atoms with Crippen LogP contribution >= 0.6 is 0 Å². The largest absolute Gasteiger partial charge is 0.374 e. The minimum Gasteiger partial charge on any atom is -0.374 e. The number of ether oxygens (including phenoxy) is 1. The Kier molecular flexibility index (Phi) is 2.37. The van der Waals surface area contributed by atoms with Crippen LogP contribution in [0.15, 0.2) is 0 Å². The maximum atomic E-state index is 5.92. The Morgan fingerprint density at radius 3 is 2.62 bits per heavy atom. The van der Waals surface area contributed by atoms with E-state index in [-0.39, 0.29) is 0 Å². The summed E-state index contributed by atoms with van der Waals surface area (Å²) in [5, 5.41) is 0. The van der Waals surface area contributed by atoms with Gasteiger partial charge in [-0.3, -0.25) is 0 Å². The molecule has 2 bridgehead atoms. The summed E-state index contributed by atoms with van der Waals surface area (Å²) in [4.78, 5) is 0. The summed E-state index contributed by atoms with van der Waals surface area (Å²) in [7, 11) is 0.